The summed E-state index contributed by atoms with van der Waals surface area (Å²) in [6.07, 6.45) is 2.96. The van der Waals surface area contributed by atoms with Crippen LogP contribution >= 0.6 is 11.8 Å². The second-order valence-electron chi connectivity index (χ2n) is 9.88. The number of benzene rings is 3. The number of fused-ring (bicyclic) bond motifs is 2. The van der Waals surface area contributed by atoms with Crippen molar-refractivity contribution in [3.63, 3.8) is 0 Å². The molecule has 0 aliphatic heterocycles. The van der Waals surface area contributed by atoms with Gasteiger partial charge in [0.25, 0.3) is 5.91 Å². The molecule has 0 saturated carbocycles. The number of carbonyl (C=O) groups is 1. The highest BCUT2D eigenvalue weighted by molar-refractivity contribution is 7.98. The third kappa shape index (κ3) is 5.23. The molecule has 43 heavy (non-hydrogen) atoms. The number of anilines is 1. The Labute approximate surface area is 251 Å². The number of thioether (sulfide) groups is 1. The average Bonchev–Trinajstić information content (AvgIpc) is 3.61. The van der Waals surface area contributed by atoms with Crippen molar-refractivity contribution >= 4 is 55.3 Å². The van der Waals surface area contributed by atoms with Crippen molar-refractivity contribution in [1.82, 2.24) is 20.3 Å². The van der Waals surface area contributed by atoms with Gasteiger partial charge in [-0.3, -0.25) is 9.10 Å². The van der Waals surface area contributed by atoms with Crippen LogP contribution in [0.4, 0.5) is 10.1 Å². The van der Waals surface area contributed by atoms with Crippen molar-refractivity contribution in [3.8, 4) is 34.0 Å². The van der Waals surface area contributed by atoms with Crippen LogP contribution in [0.2, 0.25) is 0 Å². The Morgan fingerprint density at radius 2 is 1.74 bits per heavy atom. The lowest BCUT2D eigenvalue weighted by Gasteiger charge is -2.20. The summed E-state index contributed by atoms with van der Waals surface area (Å²) >= 11 is 1.35. The van der Waals surface area contributed by atoms with Crippen molar-refractivity contribution in [1.29, 1.82) is 0 Å². The summed E-state index contributed by atoms with van der Waals surface area (Å²) in [4.78, 5) is 26.1. The Kier molecular flexibility index (Phi) is 7.18. The molecule has 0 aliphatic rings. The molecule has 0 bridgehead atoms. The number of nitrogens with zero attached hydrogens (tertiary/aromatic N) is 3. The highest BCUT2D eigenvalue weighted by atomic mass is 32.2. The van der Waals surface area contributed by atoms with Gasteiger partial charge in [0.05, 0.1) is 34.6 Å². The maximum Gasteiger partial charge on any atom is 0.255 e. The number of aromatic nitrogens is 3. The maximum absolute atomic E-state index is 13.7. The van der Waals surface area contributed by atoms with Gasteiger partial charge >= 0.3 is 0 Å². The Balaban J connectivity index is 1.64. The Hall–Kier alpha value is -4.68. The number of rotatable bonds is 7. The minimum absolute atomic E-state index is 0.228. The van der Waals surface area contributed by atoms with Crippen molar-refractivity contribution in [2.45, 2.75) is 5.16 Å². The molecule has 0 fully saturated rings. The molecule has 0 aliphatic carbocycles. The molecular formula is C31H26FN5O4S2. The number of carbonyl (C=O) groups excluding carboxylic acids is 1. The van der Waals surface area contributed by atoms with Gasteiger partial charge < -0.3 is 14.7 Å². The van der Waals surface area contributed by atoms with Gasteiger partial charge in [-0.05, 0) is 54.8 Å². The molecule has 3 heterocycles. The van der Waals surface area contributed by atoms with E-state index in [1.54, 1.807) is 18.2 Å². The molecule has 0 radical (unpaired) electrons. The van der Waals surface area contributed by atoms with Crippen molar-refractivity contribution in [2.75, 3.05) is 30.9 Å². The number of para-hydroxylation sites is 1. The first-order valence-corrected chi connectivity index (χ1v) is 16.2. The van der Waals surface area contributed by atoms with E-state index >= 15 is 0 Å². The molecule has 1 amide bonds. The largest absolute Gasteiger partial charge is 0.455 e. The van der Waals surface area contributed by atoms with E-state index in [9.17, 15) is 17.6 Å². The van der Waals surface area contributed by atoms with Crippen molar-refractivity contribution in [2.24, 2.45) is 0 Å². The number of nitrogens with one attached hydrogen (secondary N) is 2. The lowest BCUT2D eigenvalue weighted by Crippen LogP contribution is -2.25. The van der Waals surface area contributed by atoms with Crippen molar-refractivity contribution in [3.05, 3.63) is 84.2 Å². The molecule has 0 unspecified atom stereocenters. The zero-order chi connectivity index (χ0) is 30.5. The summed E-state index contributed by atoms with van der Waals surface area (Å²) in [5.41, 5.74) is 4.53. The average molecular weight is 616 g/mol. The molecular weight excluding hydrogens is 590 g/mol. The van der Waals surface area contributed by atoms with Gasteiger partial charge in [0.2, 0.25) is 10.0 Å². The van der Waals surface area contributed by atoms with Crippen LogP contribution in [0, 0.1) is 5.82 Å². The number of hydrogen-bond donors (Lipinski definition) is 2. The van der Waals surface area contributed by atoms with Crippen LogP contribution in [-0.4, -0.2) is 55.9 Å². The second kappa shape index (κ2) is 10.9. The van der Waals surface area contributed by atoms with E-state index < -0.39 is 21.7 Å². The highest BCUT2D eigenvalue weighted by Gasteiger charge is 2.27. The van der Waals surface area contributed by atoms with Gasteiger partial charge in [-0.25, -0.2) is 22.8 Å². The van der Waals surface area contributed by atoms with E-state index in [0.717, 1.165) is 27.2 Å². The predicted molar refractivity (Wildman–Crippen MR) is 168 cm³/mol. The molecule has 218 valence electrons. The lowest BCUT2D eigenvalue weighted by atomic mass is 10.0. The fourth-order valence-corrected chi connectivity index (χ4v) is 5.82. The molecule has 0 atom stereocenters. The first kappa shape index (κ1) is 28.4. The zero-order valence-corrected chi connectivity index (χ0v) is 25.2. The van der Waals surface area contributed by atoms with Crippen LogP contribution in [0.15, 0.2) is 82.4 Å². The summed E-state index contributed by atoms with van der Waals surface area (Å²) in [5, 5.41) is 4.59. The molecule has 12 heteroatoms. The van der Waals surface area contributed by atoms with E-state index in [4.69, 9.17) is 14.4 Å². The normalized spacial score (nSPS) is 11.7. The zero-order valence-electron chi connectivity index (χ0n) is 23.6. The van der Waals surface area contributed by atoms with Crippen LogP contribution < -0.4 is 9.62 Å². The Bertz CT molecular complexity index is 2110. The van der Waals surface area contributed by atoms with Crippen LogP contribution in [-0.2, 0) is 10.0 Å². The first-order valence-electron chi connectivity index (χ1n) is 13.1. The minimum atomic E-state index is -3.72. The van der Waals surface area contributed by atoms with Gasteiger partial charge in [0, 0.05) is 47.6 Å². The number of sulfonamides is 1. The molecule has 6 rings (SSSR count). The fourth-order valence-electron chi connectivity index (χ4n) is 4.94. The number of hydrogen-bond acceptors (Lipinski definition) is 7. The van der Waals surface area contributed by atoms with Crippen LogP contribution in [0.3, 0.4) is 0 Å². The minimum Gasteiger partial charge on any atom is -0.455 e. The fraction of sp³-hybridized carbons (Fsp3) is 0.129. The monoisotopic (exact) mass is 615 g/mol. The number of furan rings is 1. The summed E-state index contributed by atoms with van der Waals surface area (Å²) in [6, 6.07) is 20.5. The van der Waals surface area contributed by atoms with Gasteiger partial charge in [-0.1, -0.05) is 30.0 Å². The molecule has 0 saturated heterocycles. The van der Waals surface area contributed by atoms with E-state index in [1.807, 2.05) is 36.6 Å². The third-order valence-corrected chi connectivity index (χ3v) is 8.91. The van der Waals surface area contributed by atoms with Gasteiger partial charge in [-0.15, -0.1) is 0 Å². The van der Waals surface area contributed by atoms with E-state index in [0.29, 0.717) is 38.7 Å². The standard InChI is InChI=1S/C31H26FN5O4S2/c1-33-30(38)28-21-14-20(23-15-25(36-31(35-23)42-3)24-13-18-7-5-6-8-22(18)34-24)26(37(2)43(4,39)40)16-27(21)41-29(28)17-9-11-19(32)12-10-17/h5-16,34H,1-4H3,(H,33,38). The van der Waals surface area contributed by atoms with Crippen molar-refractivity contribution < 1.29 is 22.0 Å². The second-order valence-corrected chi connectivity index (χ2v) is 12.7. The van der Waals surface area contributed by atoms with E-state index in [1.165, 1.54) is 50.1 Å². The van der Waals surface area contributed by atoms with Gasteiger partial charge in [-0.2, -0.15) is 0 Å². The summed E-state index contributed by atoms with van der Waals surface area (Å²) in [5.74, 6) is -0.620. The molecule has 0 spiro atoms. The number of aromatic amines is 1. The number of amides is 1. The summed E-state index contributed by atoms with van der Waals surface area (Å²) < 4.78 is 46.6. The summed E-state index contributed by atoms with van der Waals surface area (Å²) in [6.45, 7) is 0. The first-order chi connectivity index (χ1) is 20.6. The van der Waals surface area contributed by atoms with Gasteiger partial charge in [0.15, 0.2) is 5.16 Å². The van der Waals surface area contributed by atoms with E-state index in [2.05, 4.69) is 10.3 Å². The topological polar surface area (TPSA) is 121 Å². The molecule has 3 aromatic carbocycles. The van der Waals surface area contributed by atoms with Crippen LogP contribution in [0.5, 0.6) is 0 Å². The third-order valence-electron chi connectivity index (χ3n) is 7.17. The van der Waals surface area contributed by atoms with Crippen LogP contribution in [0.25, 0.3) is 55.8 Å². The van der Waals surface area contributed by atoms with Gasteiger partial charge in [0.1, 0.15) is 17.2 Å². The van der Waals surface area contributed by atoms with Crippen LogP contribution in [0.1, 0.15) is 10.4 Å². The molecule has 2 N–H and O–H groups in total. The quantitative estimate of drug-likeness (QED) is 0.159. The maximum atomic E-state index is 13.7. The highest BCUT2D eigenvalue weighted by Crippen LogP contribution is 2.41. The number of H-pyrrole nitrogens is 1. The summed E-state index contributed by atoms with van der Waals surface area (Å²) in [7, 11) is -0.768. The lowest BCUT2D eigenvalue weighted by molar-refractivity contribution is 0.0964. The van der Waals surface area contributed by atoms with E-state index in [-0.39, 0.29) is 16.9 Å². The molecule has 9 nitrogen and oxygen atoms in total. The number of halogens is 1. The SMILES string of the molecule is CNC(=O)c1c(-c2ccc(F)cc2)oc2cc(N(C)S(C)(=O)=O)c(-c3cc(-c4cc5ccccc5[nH]4)nc(SC)n3)cc12. The molecule has 6 aromatic rings. The smallest absolute Gasteiger partial charge is 0.255 e. The Morgan fingerprint density at radius 3 is 2.42 bits per heavy atom. The Morgan fingerprint density at radius 1 is 1.02 bits per heavy atom. The molecule has 3 aromatic heterocycles. The predicted octanol–water partition coefficient (Wildman–Crippen LogP) is 6.32.